The number of aromatic nitrogens is 2. The Hall–Kier alpha value is -2.18. The molecule has 0 aliphatic rings. The molecule has 98 valence electrons. The highest BCUT2D eigenvalue weighted by Crippen LogP contribution is 1.95. The first kappa shape index (κ1) is 13.9. The summed E-state index contributed by atoms with van der Waals surface area (Å²) in [6.07, 6.45) is 2.24. The number of hydrogen-bond acceptors (Lipinski definition) is 4. The predicted molar refractivity (Wildman–Crippen MR) is 63.8 cm³/mol. The number of urea groups is 1. The van der Waals surface area contributed by atoms with Gasteiger partial charge in [-0.05, 0) is 18.6 Å². The van der Waals surface area contributed by atoms with Gasteiger partial charge in [0.05, 0.1) is 12.2 Å². The van der Waals surface area contributed by atoms with Crippen molar-refractivity contribution in [1.82, 2.24) is 20.4 Å². The molecule has 0 atom stereocenters. The molecule has 7 heteroatoms. The van der Waals surface area contributed by atoms with E-state index in [2.05, 4.69) is 15.5 Å². The Balaban J connectivity index is 2.48. The van der Waals surface area contributed by atoms with Crippen molar-refractivity contribution in [3.8, 4) is 0 Å². The Bertz CT molecular complexity index is 397. The van der Waals surface area contributed by atoms with E-state index < -0.39 is 12.0 Å². The molecule has 0 unspecified atom stereocenters. The molecule has 0 bridgehead atoms. The molecular weight excluding hydrogens is 236 g/mol. The van der Waals surface area contributed by atoms with Crippen LogP contribution in [0, 0.1) is 0 Å². The summed E-state index contributed by atoms with van der Waals surface area (Å²) in [4.78, 5) is 23.6. The molecule has 0 saturated heterocycles. The molecule has 0 fully saturated rings. The van der Waals surface area contributed by atoms with Crippen LogP contribution in [0.25, 0.3) is 0 Å². The molecule has 0 aliphatic carbocycles. The van der Waals surface area contributed by atoms with Crippen LogP contribution in [0.15, 0.2) is 18.3 Å². The molecule has 0 aliphatic heterocycles. The number of carbonyl (C=O) groups is 2. The molecule has 2 amide bonds. The first-order valence-electron chi connectivity index (χ1n) is 5.64. The second-order valence-electron chi connectivity index (χ2n) is 3.69. The van der Waals surface area contributed by atoms with Gasteiger partial charge in [0.25, 0.3) is 0 Å². The summed E-state index contributed by atoms with van der Waals surface area (Å²) < 4.78 is 0. The van der Waals surface area contributed by atoms with Gasteiger partial charge in [-0.3, -0.25) is 4.79 Å². The minimum absolute atomic E-state index is 0.229. The number of amides is 2. The van der Waals surface area contributed by atoms with Crippen molar-refractivity contribution < 1.29 is 14.7 Å². The van der Waals surface area contributed by atoms with Gasteiger partial charge in [-0.2, -0.15) is 10.2 Å². The molecule has 1 aromatic heterocycles. The Kier molecular flexibility index (Phi) is 5.56. The zero-order valence-corrected chi connectivity index (χ0v) is 10.2. The Morgan fingerprint density at radius 2 is 2.28 bits per heavy atom. The summed E-state index contributed by atoms with van der Waals surface area (Å²) in [5.74, 6) is -1.03. The minimum Gasteiger partial charge on any atom is -0.480 e. The second-order valence-corrected chi connectivity index (χ2v) is 3.69. The van der Waals surface area contributed by atoms with Crippen molar-refractivity contribution in [2.45, 2.75) is 19.9 Å². The van der Waals surface area contributed by atoms with E-state index in [1.165, 1.54) is 4.90 Å². The Morgan fingerprint density at radius 3 is 2.83 bits per heavy atom. The quantitative estimate of drug-likeness (QED) is 0.767. The van der Waals surface area contributed by atoms with Gasteiger partial charge in [0.15, 0.2) is 0 Å². The predicted octanol–water partition coefficient (Wildman–Crippen LogP) is 0.483. The fraction of sp³-hybridized carbons (Fsp3) is 0.455. The van der Waals surface area contributed by atoms with Crippen LogP contribution in [0.5, 0.6) is 0 Å². The van der Waals surface area contributed by atoms with E-state index >= 15 is 0 Å². The van der Waals surface area contributed by atoms with E-state index in [4.69, 9.17) is 5.11 Å². The van der Waals surface area contributed by atoms with Gasteiger partial charge in [-0.25, -0.2) is 4.79 Å². The number of hydrogen-bond donors (Lipinski definition) is 2. The zero-order chi connectivity index (χ0) is 13.4. The van der Waals surface area contributed by atoms with Crippen LogP contribution in [-0.2, 0) is 11.3 Å². The standard InChI is InChI=1S/C11H16N4O3/c1-2-6-15(8-10(16)17)11(18)12-7-9-4-3-5-13-14-9/h3-5H,2,6-8H2,1H3,(H,12,18)(H,16,17). The molecule has 1 heterocycles. The summed E-state index contributed by atoms with van der Waals surface area (Å²) in [6, 6.07) is 3.04. The van der Waals surface area contributed by atoms with Gasteiger partial charge >= 0.3 is 12.0 Å². The SMILES string of the molecule is CCCN(CC(=O)O)C(=O)NCc1cccnn1. The maximum absolute atomic E-state index is 11.7. The van der Waals surface area contributed by atoms with Crippen molar-refractivity contribution in [2.75, 3.05) is 13.1 Å². The van der Waals surface area contributed by atoms with Crippen LogP contribution in [0.1, 0.15) is 19.0 Å². The molecule has 18 heavy (non-hydrogen) atoms. The molecule has 7 nitrogen and oxygen atoms in total. The largest absolute Gasteiger partial charge is 0.480 e. The third kappa shape index (κ3) is 4.77. The van der Waals surface area contributed by atoms with E-state index in [0.717, 1.165) is 0 Å². The molecule has 2 N–H and O–H groups in total. The van der Waals surface area contributed by atoms with Crippen molar-refractivity contribution in [3.63, 3.8) is 0 Å². The van der Waals surface area contributed by atoms with Crippen molar-refractivity contribution >= 4 is 12.0 Å². The maximum Gasteiger partial charge on any atom is 0.323 e. The fourth-order valence-electron chi connectivity index (χ4n) is 1.39. The van der Waals surface area contributed by atoms with Crippen LogP contribution in [0.2, 0.25) is 0 Å². The van der Waals surface area contributed by atoms with Crippen LogP contribution in [0.3, 0.4) is 0 Å². The number of aliphatic carboxylic acids is 1. The molecule has 0 aromatic carbocycles. The van der Waals surface area contributed by atoms with Gasteiger partial charge in [0.1, 0.15) is 6.54 Å². The third-order valence-electron chi connectivity index (χ3n) is 2.16. The Morgan fingerprint density at radius 1 is 1.50 bits per heavy atom. The van der Waals surface area contributed by atoms with Crippen LogP contribution in [0.4, 0.5) is 4.79 Å². The number of carboxylic acid groups (broad SMARTS) is 1. The number of rotatable bonds is 6. The van der Waals surface area contributed by atoms with E-state index in [1.54, 1.807) is 18.3 Å². The summed E-state index contributed by atoms with van der Waals surface area (Å²) >= 11 is 0. The highest BCUT2D eigenvalue weighted by molar-refractivity contribution is 5.79. The maximum atomic E-state index is 11.7. The zero-order valence-electron chi connectivity index (χ0n) is 10.2. The fourth-order valence-corrected chi connectivity index (χ4v) is 1.39. The Labute approximate surface area is 105 Å². The third-order valence-corrected chi connectivity index (χ3v) is 2.16. The van der Waals surface area contributed by atoms with Crippen molar-refractivity contribution in [2.24, 2.45) is 0 Å². The summed E-state index contributed by atoms with van der Waals surface area (Å²) in [7, 11) is 0. The van der Waals surface area contributed by atoms with E-state index in [1.807, 2.05) is 6.92 Å². The first-order chi connectivity index (χ1) is 8.63. The van der Waals surface area contributed by atoms with Gasteiger partial charge in [-0.15, -0.1) is 0 Å². The molecule has 1 aromatic rings. The summed E-state index contributed by atoms with van der Waals surface area (Å²) in [5, 5.41) is 18.8. The molecule has 0 spiro atoms. The van der Waals surface area contributed by atoms with Crippen molar-refractivity contribution in [3.05, 3.63) is 24.0 Å². The second kappa shape index (κ2) is 7.21. The lowest BCUT2D eigenvalue weighted by atomic mass is 10.4. The van der Waals surface area contributed by atoms with Gasteiger partial charge in [0, 0.05) is 12.7 Å². The van der Waals surface area contributed by atoms with E-state index in [-0.39, 0.29) is 13.1 Å². The normalized spacial score (nSPS) is 9.83. The number of carboxylic acids is 1. The average Bonchev–Trinajstić information content (AvgIpc) is 2.36. The van der Waals surface area contributed by atoms with Crippen molar-refractivity contribution in [1.29, 1.82) is 0 Å². The number of nitrogens with zero attached hydrogens (tertiary/aromatic N) is 3. The van der Waals surface area contributed by atoms with Gasteiger partial charge in [-0.1, -0.05) is 6.92 Å². The number of nitrogens with one attached hydrogen (secondary N) is 1. The van der Waals surface area contributed by atoms with Crippen LogP contribution < -0.4 is 5.32 Å². The molecular formula is C11H16N4O3. The first-order valence-corrected chi connectivity index (χ1v) is 5.64. The average molecular weight is 252 g/mol. The monoisotopic (exact) mass is 252 g/mol. The molecule has 0 saturated carbocycles. The van der Waals surface area contributed by atoms with E-state index in [9.17, 15) is 9.59 Å². The summed E-state index contributed by atoms with van der Waals surface area (Å²) in [5.41, 5.74) is 0.623. The molecule has 1 rings (SSSR count). The summed E-state index contributed by atoms with van der Waals surface area (Å²) in [6.45, 7) is 2.20. The smallest absolute Gasteiger partial charge is 0.323 e. The minimum atomic E-state index is -1.03. The lowest BCUT2D eigenvalue weighted by molar-refractivity contribution is -0.137. The van der Waals surface area contributed by atoms with Gasteiger partial charge in [0.2, 0.25) is 0 Å². The van der Waals surface area contributed by atoms with Gasteiger partial charge < -0.3 is 15.3 Å². The lowest BCUT2D eigenvalue weighted by Gasteiger charge is -2.20. The highest BCUT2D eigenvalue weighted by Gasteiger charge is 2.15. The lowest BCUT2D eigenvalue weighted by Crippen LogP contribution is -2.42. The van der Waals surface area contributed by atoms with Crippen LogP contribution >= 0.6 is 0 Å². The molecule has 0 radical (unpaired) electrons. The van der Waals surface area contributed by atoms with E-state index in [0.29, 0.717) is 18.7 Å². The topological polar surface area (TPSA) is 95.4 Å². The highest BCUT2D eigenvalue weighted by atomic mass is 16.4. The van der Waals surface area contributed by atoms with Crippen LogP contribution in [-0.4, -0.2) is 45.3 Å². The number of carbonyl (C=O) groups excluding carboxylic acids is 1.